The van der Waals surface area contributed by atoms with Crippen LogP contribution in [0, 0.1) is 5.82 Å². The standard InChI is InChI=1S/C15H23FN2O/c1-15(2,3)18-11-9-14(19)17-10-8-12-6-4-5-7-13(12)16/h4-7,18H,8-11H2,1-3H3,(H,17,19). The Balaban J connectivity index is 2.19. The maximum Gasteiger partial charge on any atom is 0.221 e. The molecule has 0 saturated carbocycles. The number of benzene rings is 1. The molecule has 0 atom stereocenters. The Hall–Kier alpha value is -1.42. The second-order valence-corrected chi connectivity index (χ2v) is 5.62. The summed E-state index contributed by atoms with van der Waals surface area (Å²) in [6.07, 6.45) is 0.958. The van der Waals surface area contributed by atoms with Gasteiger partial charge in [-0.2, -0.15) is 0 Å². The number of carbonyl (C=O) groups is 1. The molecule has 4 heteroatoms. The van der Waals surface area contributed by atoms with Crippen LogP contribution in [0.3, 0.4) is 0 Å². The highest BCUT2D eigenvalue weighted by atomic mass is 19.1. The fourth-order valence-electron chi connectivity index (χ4n) is 1.68. The summed E-state index contributed by atoms with van der Waals surface area (Å²) in [6.45, 7) is 7.29. The topological polar surface area (TPSA) is 41.1 Å². The van der Waals surface area contributed by atoms with Crippen LogP contribution in [0.1, 0.15) is 32.8 Å². The summed E-state index contributed by atoms with van der Waals surface area (Å²) in [5.74, 6) is -0.223. The van der Waals surface area contributed by atoms with Crippen LogP contribution in [0.25, 0.3) is 0 Å². The second kappa shape index (κ2) is 7.24. The van der Waals surface area contributed by atoms with Crippen LogP contribution in [0.15, 0.2) is 24.3 Å². The molecule has 0 heterocycles. The van der Waals surface area contributed by atoms with Crippen molar-refractivity contribution in [2.45, 2.75) is 39.2 Å². The van der Waals surface area contributed by atoms with Gasteiger partial charge in [-0.05, 0) is 38.8 Å². The average Bonchev–Trinajstić information content (AvgIpc) is 2.30. The molecule has 0 saturated heterocycles. The molecular formula is C15H23FN2O. The normalized spacial score (nSPS) is 11.4. The molecule has 0 spiro atoms. The first-order valence-electron chi connectivity index (χ1n) is 6.63. The molecule has 0 fully saturated rings. The smallest absolute Gasteiger partial charge is 0.221 e. The lowest BCUT2D eigenvalue weighted by atomic mass is 10.1. The molecular weight excluding hydrogens is 243 g/mol. The van der Waals surface area contributed by atoms with Gasteiger partial charge in [-0.15, -0.1) is 0 Å². The van der Waals surface area contributed by atoms with Crippen molar-refractivity contribution in [3.63, 3.8) is 0 Å². The number of carbonyl (C=O) groups excluding carboxylic acids is 1. The van der Waals surface area contributed by atoms with Crippen LogP contribution in [-0.2, 0) is 11.2 Å². The van der Waals surface area contributed by atoms with E-state index >= 15 is 0 Å². The molecule has 2 N–H and O–H groups in total. The molecule has 1 aromatic carbocycles. The van der Waals surface area contributed by atoms with Crippen molar-refractivity contribution < 1.29 is 9.18 Å². The van der Waals surface area contributed by atoms with Gasteiger partial charge in [0.1, 0.15) is 5.82 Å². The van der Waals surface area contributed by atoms with Gasteiger partial charge in [0.25, 0.3) is 0 Å². The Bertz CT molecular complexity index is 413. The summed E-state index contributed by atoms with van der Waals surface area (Å²) < 4.78 is 13.3. The number of hydrogen-bond acceptors (Lipinski definition) is 2. The summed E-state index contributed by atoms with van der Waals surface area (Å²) in [5, 5.41) is 6.05. The molecule has 0 aliphatic rings. The third-order valence-electron chi connectivity index (χ3n) is 2.68. The van der Waals surface area contributed by atoms with Gasteiger partial charge >= 0.3 is 0 Å². The maximum atomic E-state index is 13.3. The molecule has 1 aromatic rings. The highest BCUT2D eigenvalue weighted by Gasteiger charge is 2.09. The minimum absolute atomic E-state index is 0.00640. The Morgan fingerprint density at radius 3 is 2.53 bits per heavy atom. The van der Waals surface area contributed by atoms with Crippen LogP contribution in [0.4, 0.5) is 4.39 Å². The van der Waals surface area contributed by atoms with Crippen molar-refractivity contribution >= 4 is 5.91 Å². The van der Waals surface area contributed by atoms with Crippen LogP contribution in [0.2, 0.25) is 0 Å². The molecule has 0 radical (unpaired) electrons. The number of amides is 1. The first kappa shape index (κ1) is 15.6. The quantitative estimate of drug-likeness (QED) is 0.829. The van der Waals surface area contributed by atoms with Gasteiger partial charge in [0, 0.05) is 25.0 Å². The van der Waals surface area contributed by atoms with Gasteiger partial charge in [0.05, 0.1) is 0 Å². The van der Waals surface area contributed by atoms with E-state index in [4.69, 9.17) is 0 Å². The SMILES string of the molecule is CC(C)(C)NCCC(=O)NCCc1ccccc1F. The van der Waals surface area contributed by atoms with E-state index in [2.05, 4.69) is 31.4 Å². The van der Waals surface area contributed by atoms with Crippen LogP contribution in [-0.4, -0.2) is 24.5 Å². The van der Waals surface area contributed by atoms with Gasteiger partial charge < -0.3 is 10.6 Å². The Labute approximate surface area is 114 Å². The van der Waals surface area contributed by atoms with Crippen molar-refractivity contribution in [2.24, 2.45) is 0 Å². The molecule has 3 nitrogen and oxygen atoms in total. The first-order chi connectivity index (χ1) is 8.88. The van der Waals surface area contributed by atoms with Crippen molar-refractivity contribution in [3.05, 3.63) is 35.6 Å². The molecule has 106 valence electrons. The fraction of sp³-hybridized carbons (Fsp3) is 0.533. The summed E-state index contributed by atoms with van der Waals surface area (Å²) in [4.78, 5) is 11.6. The fourth-order valence-corrected chi connectivity index (χ4v) is 1.68. The zero-order valence-electron chi connectivity index (χ0n) is 11.9. The van der Waals surface area contributed by atoms with Gasteiger partial charge in [0.2, 0.25) is 5.91 Å². The number of nitrogens with one attached hydrogen (secondary N) is 2. The highest BCUT2D eigenvalue weighted by Crippen LogP contribution is 2.06. The van der Waals surface area contributed by atoms with Crippen molar-refractivity contribution in [2.75, 3.05) is 13.1 Å². The number of halogens is 1. The van der Waals surface area contributed by atoms with Crippen molar-refractivity contribution in [1.82, 2.24) is 10.6 Å². The molecule has 0 unspecified atom stereocenters. The van der Waals surface area contributed by atoms with Gasteiger partial charge in [-0.3, -0.25) is 4.79 Å². The third-order valence-corrected chi connectivity index (χ3v) is 2.68. The molecule has 0 bridgehead atoms. The minimum Gasteiger partial charge on any atom is -0.356 e. The lowest BCUT2D eigenvalue weighted by Crippen LogP contribution is -2.38. The van der Waals surface area contributed by atoms with E-state index in [0.29, 0.717) is 31.5 Å². The molecule has 0 aliphatic carbocycles. The van der Waals surface area contributed by atoms with Crippen molar-refractivity contribution in [1.29, 1.82) is 0 Å². The second-order valence-electron chi connectivity index (χ2n) is 5.62. The third kappa shape index (κ3) is 6.91. The Morgan fingerprint density at radius 2 is 1.89 bits per heavy atom. The molecule has 1 rings (SSSR count). The van der Waals surface area contributed by atoms with Crippen molar-refractivity contribution in [3.8, 4) is 0 Å². The minimum atomic E-state index is -0.217. The van der Waals surface area contributed by atoms with E-state index in [-0.39, 0.29) is 17.3 Å². The summed E-state index contributed by atoms with van der Waals surface area (Å²) in [5.41, 5.74) is 0.656. The molecule has 19 heavy (non-hydrogen) atoms. The Morgan fingerprint density at radius 1 is 1.21 bits per heavy atom. The summed E-state index contributed by atoms with van der Waals surface area (Å²) in [7, 11) is 0. The number of rotatable bonds is 6. The predicted octanol–water partition coefficient (Wildman–Crippen LogP) is 2.26. The number of hydrogen-bond donors (Lipinski definition) is 2. The zero-order valence-corrected chi connectivity index (χ0v) is 11.9. The average molecular weight is 266 g/mol. The van der Waals surface area contributed by atoms with Crippen LogP contribution in [0.5, 0.6) is 0 Å². The largest absolute Gasteiger partial charge is 0.356 e. The lowest BCUT2D eigenvalue weighted by Gasteiger charge is -2.20. The summed E-state index contributed by atoms with van der Waals surface area (Å²) >= 11 is 0. The molecule has 0 aliphatic heterocycles. The van der Waals surface area contributed by atoms with E-state index in [0.717, 1.165) is 0 Å². The first-order valence-corrected chi connectivity index (χ1v) is 6.63. The summed E-state index contributed by atoms with van der Waals surface area (Å²) in [6, 6.07) is 6.64. The predicted molar refractivity (Wildman–Crippen MR) is 75.5 cm³/mol. The van der Waals surface area contributed by atoms with E-state index in [1.54, 1.807) is 18.2 Å². The van der Waals surface area contributed by atoms with Gasteiger partial charge in [-0.1, -0.05) is 18.2 Å². The molecule has 1 amide bonds. The Kier molecular flexibility index (Phi) is 5.96. The van der Waals surface area contributed by atoms with E-state index in [9.17, 15) is 9.18 Å². The zero-order chi connectivity index (χ0) is 14.3. The molecule has 0 aromatic heterocycles. The van der Waals surface area contributed by atoms with E-state index in [1.807, 2.05) is 0 Å². The van der Waals surface area contributed by atoms with E-state index < -0.39 is 0 Å². The van der Waals surface area contributed by atoms with E-state index in [1.165, 1.54) is 6.07 Å². The maximum absolute atomic E-state index is 13.3. The highest BCUT2D eigenvalue weighted by molar-refractivity contribution is 5.76. The van der Waals surface area contributed by atoms with Gasteiger partial charge in [-0.25, -0.2) is 4.39 Å². The van der Waals surface area contributed by atoms with Crippen LogP contribution < -0.4 is 10.6 Å². The monoisotopic (exact) mass is 266 g/mol. The van der Waals surface area contributed by atoms with Gasteiger partial charge in [0.15, 0.2) is 0 Å². The van der Waals surface area contributed by atoms with Crippen LogP contribution >= 0.6 is 0 Å². The lowest BCUT2D eigenvalue weighted by molar-refractivity contribution is -0.121.